The van der Waals surface area contributed by atoms with E-state index in [9.17, 15) is 44.9 Å². The van der Waals surface area contributed by atoms with Crippen molar-refractivity contribution in [1.82, 2.24) is 0 Å². The van der Waals surface area contributed by atoms with Crippen molar-refractivity contribution in [3.8, 4) is 0 Å². The fourth-order valence-electron chi connectivity index (χ4n) is 1.31. The van der Waals surface area contributed by atoms with E-state index in [4.69, 9.17) is 0 Å². The lowest BCUT2D eigenvalue weighted by atomic mass is 10.2. The van der Waals surface area contributed by atoms with Crippen LogP contribution in [0.2, 0.25) is 0 Å². The summed E-state index contributed by atoms with van der Waals surface area (Å²) >= 11 is 0. The fourth-order valence-corrected chi connectivity index (χ4v) is 2.09. The maximum atomic E-state index is 12.3. The zero-order valence-corrected chi connectivity index (χ0v) is 11.0. The van der Waals surface area contributed by atoms with E-state index in [2.05, 4.69) is 0 Å². The van der Waals surface area contributed by atoms with E-state index in [-0.39, 0.29) is 6.07 Å². The van der Waals surface area contributed by atoms with Crippen molar-refractivity contribution in [2.75, 3.05) is 11.9 Å². The molecule has 0 saturated carbocycles. The van der Waals surface area contributed by atoms with E-state index in [0.29, 0.717) is 12.1 Å². The van der Waals surface area contributed by atoms with Gasteiger partial charge in [-0.25, -0.2) is 8.42 Å². The Hall–Kier alpha value is -2.05. The molecule has 13 heteroatoms. The summed E-state index contributed by atoms with van der Waals surface area (Å²) in [4.78, 5) is 7.95. The molecule has 0 atom stereocenters. The number of alkyl halides is 6. The number of nitrogens with zero attached hydrogens (tertiary/aromatic N) is 1. The van der Waals surface area contributed by atoms with Crippen LogP contribution in [0.5, 0.6) is 0 Å². The average molecular weight is 352 g/mol. The number of halogens is 6. The van der Waals surface area contributed by atoms with Gasteiger partial charge in [0.05, 0.1) is 9.82 Å². The highest BCUT2D eigenvalue weighted by molar-refractivity contribution is 7.92. The number of benzene rings is 1. The predicted octanol–water partition coefficient (Wildman–Crippen LogP) is 2.86. The SMILES string of the molecule is O=[N+]([O-])c1cc(S(=O)(=O)C(F)(F)F)ccc1NCC(F)(F)F. The van der Waals surface area contributed by atoms with Crippen LogP contribution in [0.4, 0.5) is 37.7 Å². The molecule has 1 N–H and O–H groups in total. The molecule has 1 aromatic rings. The number of hydrogen-bond donors (Lipinski definition) is 1. The van der Waals surface area contributed by atoms with Crippen molar-refractivity contribution in [3.63, 3.8) is 0 Å². The number of hydrogen-bond acceptors (Lipinski definition) is 5. The Morgan fingerprint density at radius 2 is 1.68 bits per heavy atom. The zero-order chi connectivity index (χ0) is 17.3. The number of anilines is 1. The molecule has 0 aliphatic rings. The van der Waals surface area contributed by atoms with Gasteiger partial charge in [0, 0.05) is 6.07 Å². The molecule has 1 rings (SSSR count). The summed E-state index contributed by atoms with van der Waals surface area (Å²) in [7, 11) is -5.85. The second-order valence-electron chi connectivity index (χ2n) is 3.85. The summed E-state index contributed by atoms with van der Waals surface area (Å²) in [6.45, 7) is -1.68. The van der Waals surface area contributed by atoms with Gasteiger partial charge in [0.1, 0.15) is 12.2 Å². The van der Waals surface area contributed by atoms with Gasteiger partial charge in [-0.3, -0.25) is 10.1 Å². The average Bonchev–Trinajstić information content (AvgIpc) is 2.33. The summed E-state index contributed by atoms with van der Waals surface area (Å²) < 4.78 is 95.3. The number of sulfone groups is 1. The summed E-state index contributed by atoms with van der Waals surface area (Å²) in [5.74, 6) is 0. The second kappa shape index (κ2) is 5.62. The van der Waals surface area contributed by atoms with Crippen molar-refractivity contribution >= 4 is 21.2 Å². The summed E-state index contributed by atoms with van der Waals surface area (Å²) in [5, 5.41) is 12.3. The molecule has 0 bridgehead atoms. The lowest BCUT2D eigenvalue weighted by Crippen LogP contribution is -2.24. The Balaban J connectivity index is 3.30. The molecule has 124 valence electrons. The van der Waals surface area contributed by atoms with E-state index < -0.39 is 49.3 Å². The maximum absolute atomic E-state index is 12.3. The smallest absolute Gasteiger partial charge is 0.371 e. The van der Waals surface area contributed by atoms with Crippen molar-refractivity contribution in [2.45, 2.75) is 16.6 Å². The van der Waals surface area contributed by atoms with Gasteiger partial charge < -0.3 is 5.32 Å². The van der Waals surface area contributed by atoms with Gasteiger partial charge in [0.25, 0.3) is 15.5 Å². The predicted molar refractivity (Wildman–Crippen MR) is 60.9 cm³/mol. The summed E-state index contributed by atoms with van der Waals surface area (Å²) in [6.07, 6.45) is -4.73. The monoisotopic (exact) mass is 352 g/mol. The molecule has 0 unspecified atom stereocenters. The summed E-state index contributed by atoms with van der Waals surface area (Å²) in [6, 6.07) is 0.832. The van der Waals surface area contributed by atoms with Crippen molar-refractivity contribution in [2.24, 2.45) is 0 Å². The minimum Gasteiger partial charge on any atom is -0.371 e. The van der Waals surface area contributed by atoms with Gasteiger partial charge in [0.2, 0.25) is 0 Å². The third kappa shape index (κ3) is 3.99. The van der Waals surface area contributed by atoms with Crippen LogP contribution in [0, 0.1) is 10.1 Å². The molecular weight excluding hydrogens is 346 g/mol. The first-order valence-electron chi connectivity index (χ1n) is 5.16. The van der Waals surface area contributed by atoms with Gasteiger partial charge >= 0.3 is 11.7 Å². The number of rotatable bonds is 4. The van der Waals surface area contributed by atoms with Crippen LogP contribution >= 0.6 is 0 Å². The van der Waals surface area contributed by atoms with E-state index in [0.717, 1.165) is 0 Å². The zero-order valence-electron chi connectivity index (χ0n) is 10.2. The Kier molecular flexibility index (Phi) is 4.60. The molecule has 0 spiro atoms. The molecule has 0 radical (unpaired) electrons. The van der Waals surface area contributed by atoms with Crippen LogP contribution in [0.25, 0.3) is 0 Å². The topological polar surface area (TPSA) is 89.3 Å². The van der Waals surface area contributed by atoms with Crippen LogP contribution in [0.3, 0.4) is 0 Å². The van der Waals surface area contributed by atoms with Crippen LogP contribution in [0.15, 0.2) is 23.1 Å². The molecule has 22 heavy (non-hydrogen) atoms. The van der Waals surface area contributed by atoms with Gasteiger partial charge in [0.15, 0.2) is 0 Å². The van der Waals surface area contributed by atoms with Crippen molar-refractivity contribution in [1.29, 1.82) is 0 Å². The quantitative estimate of drug-likeness (QED) is 0.511. The number of nitro groups is 1. The molecule has 6 nitrogen and oxygen atoms in total. The van der Waals surface area contributed by atoms with Gasteiger partial charge in [-0.05, 0) is 12.1 Å². The lowest BCUT2D eigenvalue weighted by molar-refractivity contribution is -0.384. The molecule has 0 aliphatic heterocycles. The van der Waals surface area contributed by atoms with E-state index >= 15 is 0 Å². The normalized spacial score (nSPS) is 13.0. The van der Waals surface area contributed by atoms with E-state index in [1.54, 1.807) is 5.32 Å². The van der Waals surface area contributed by atoms with Crippen molar-refractivity contribution in [3.05, 3.63) is 28.3 Å². The molecule has 0 aromatic heterocycles. The van der Waals surface area contributed by atoms with Crippen molar-refractivity contribution < 1.29 is 39.7 Å². The largest absolute Gasteiger partial charge is 0.501 e. The first-order valence-corrected chi connectivity index (χ1v) is 6.64. The molecule has 1 aromatic carbocycles. The third-order valence-corrected chi connectivity index (χ3v) is 3.74. The minimum atomic E-state index is -5.85. The molecule has 0 saturated heterocycles. The minimum absolute atomic E-state index is 0.0432. The Morgan fingerprint density at radius 1 is 1.14 bits per heavy atom. The molecular formula is C9H6F6N2O4S. The first-order chi connectivity index (χ1) is 9.75. The fraction of sp³-hybridized carbons (Fsp3) is 0.333. The molecule has 0 amide bonds. The third-order valence-electron chi connectivity index (χ3n) is 2.26. The highest BCUT2D eigenvalue weighted by Crippen LogP contribution is 2.35. The maximum Gasteiger partial charge on any atom is 0.501 e. The van der Waals surface area contributed by atoms with Crippen LogP contribution < -0.4 is 5.32 Å². The summed E-state index contributed by atoms with van der Waals surface area (Å²) in [5.41, 5.74) is -7.68. The highest BCUT2D eigenvalue weighted by atomic mass is 32.2. The Bertz CT molecular complexity index is 682. The highest BCUT2D eigenvalue weighted by Gasteiger charge is 2.47. The first kappa shape index (κ1) is 18.0. The molecule has 0 heterocycles. The standard InChI is InChI=1S/C9H6F6N2O4S/c10-8(11,12)4-16-6-2-1-5(3-7(6)17(18)19)22(20,21)9(13,14)15/h1-3,16H,4H2. The second-order valence-corrected chi connectivity index (χ2v) is 5.80. The molecule has 0 fully saturated rings. The van der Waals surface area contributed by atoms with Crippen LogP contribution in [0.1, 0.15) is 0 Å². The Labute approximate surface area is 118 Å². The van der Waals surface area contributed by atoms with E-state index in [1.807, 2.05) is 0 Å². The van der Waals surface area contributed by atoms with Crippen LogP contribution in [-0.4, -0.2) is 31.6 Å². The van der Waals surface area contributed by atoms with Gasteiger partial charge in [-0.15, -0.1) is 0 Å². The number of nitrogens with one attached hydrogen (secondary N) is 1. The molecule has 0 aliphatic carbocycles. The lowest BCUT2D eigenvalue weighted by Gasteiger charge is -2.12. The van der Waals surface area contributed by atoms with Crippen LogP contribution in [-0.2, 0) is 9.84 Å². The van der Waals surface area contributed by atoms with E-state index in [1.165, 1.54) is 0 Å². The van der Waals surface area contributed by atoms with Gasteiger partial charge in [-0.1, -0.05) is 0 Å². The van der Waals surface area contributed by atoms with Gasteiger partial charge in [-0.2, -0.15) is 26.3 Å². The number of nitro benzene ring substituents is 1. The Morgan fingerprint density at radius 3 is 2.09 bits per heavy atom.